The number of amides is 4. The second-order valence-corrected chi connectivity index (χ2v) is 14.6. The Balaban J connectivity index is 1.42. The molecule has 3 heterocycles. The van der Waals surface area contributed by atoms with Crippen LogP contribution in [-0.2, 0) is 19.1 Å². The van der Waals surface area contributed by atoms with Crippen molar-refractivity contribution in [1.29, 1.82) is 0 Å². The molecular weight excluding hydrogens is 639 g/mol. The molecule has 0 spiro atoms. The van der Waals surface area contributed by atoms with Crippen LogP contribution in [0.15, 0.2) is 30.4 Å². The lowest BCUT2D eigenvalue weighted by molar-refractivity contribution is -0.145. The van der Waals surface area contributed by atoms with Crippen molar-refractivity contribution < 1.29 is 38.2 Å². The van der Waals surface area contributed by atoms with E-state index in [9.17, 15) is 33.5 Å². The molecule has 2 aromatic rings. The molecule has 0 radical (unpaired) electrons. The van der Waals surface area contributed by atoms with Gasteiger partial charge in [0, 0.05) is 28.6 Å². The Hall–Kier alpha value is -3.71. The standard InChI is InChI=1S/C32H38ClFN4O7S/c1-31(2,3)45-30(44)36-21-10-8-6-4-5-7-9-17-15-32(17,29(42)43)37-26(39)22-14-19(16-38(22)28(21)41)35-27(40)25-24(33)20-12-11-18(34)13-23(20)46-25/h7,9,11-13,17,19,21-22H,4-6,8,10,14-16H2,1-3H3,(H,35,40)(H,36,44)(H,37,39)(H,42,43)/b9-7-/t17-,19-,21+,22+,32-/m1/s1. The van der Waals surface area contributed by atoms with Gasteiger partial charge >= 0.3 is 12.1 Å². The maximum Gasteiger partial charge on any atom is 0.408 e. The zero-order valence-electron chi connectivity index (χ0n) is 25.9. The number of carbonyl (C=O) groups excluding carboxylic acids is 4. The van der Waals surface area contributed by atoms with Crippen molar-refractivity contribution in [3.63, 3.8) is 0 Å². The molecule has 1 saturated heterocycles. The van der Waals surface area contributed by atoms with Crippen molar-refractivity contribution in [2.45, 2.75) is 95.0 Å². The summed E-state index contributed by atoms with van der Waals surface area (Å²) < 4.78 is 19.7. The van der Waals surface area contributed by atoms with Gasteiger partial charge in [-0.05, 0) is 71.1 Å². The molecule has 14 heteroatoms. The largest absolute Gasteiger partial charge is 0.479 e. The van der Waals surface area contributed by atoms with Crippen LogP contribution >= 0.6 is 22.9 Å². The second kappa shape index (κ2) is 13.2. The van der Waals surface area contributed by atoms with Gasteiger partial charge in [-0.15, -0.1) is 11.3 Å². The van der Waals surface area contributed by atoms with Gasteiger partial charge in [0.15, 0.2) is 0 Å². The number of carboxylic acids is 1. The van der Waals surface area contributed by atoms with Crippen molar-refractivity contribution in [3.05, 3.63) is 46.1 Å². The highest BCUT2D eigenvalue weighted by molar-refractivity contribution is 7.21. The summed E-state index contributed by atoms with van der Waals surface area (Å²) in [6.45, 7) is 5.04. The van der Waals surface area contributed by atoms with E-state index in [1.165, 1.54) is 23.1 Å². The number of fused-ring (bicyclic) bond motifs is 3. The number of carboxylic acid groups (broad SMARTS) is 1. The fraction of sp³-hybridized carbons (Fsp3) is 0.531. The first-order valence-electron chi connectivity index (χ1n) is 15.4. The van der Waals surface area contributed by atoms with Crippen molar-refractivity contribution in [2.24, 2.45) is 5.92 Å². The van der Waals surface area contributed by atoms with E-state index in [0.717, 1.165) is 24.2 Å². The van der Waals surface area contributed by atoms with Gasteiger partial charge in [-0.25, -0.2) is 14.0 Å². The van der Waals surface area contributed by atoms with E-state index in [2.05, 4.69) is 16.0 Å². The number of ether oxygens (including phenoxy) is 1. The van der Waals surface area contributed by atoms with E-state index >= 15 is 0 Å². The van der Waals surface area contributed by atoms with Crippen molar-refractivity contribution in [1.82, 2.24) is 20.9 Å². The molecule has 248 valence electrons. The molecule has 5 atom stereocenters. The number of thiophene rings is 1. The Morgan fingerprint density at radius 3 is 2.65 bits per heavy atom. The summed E-state index contributed by atoms with van der Waals surface area (Å²) in [6.07, 6.45) is 6.36. The van der Waals surface area contributed by atoms with Crippen LogP contribution in [0.3, 0.4) is 0 Å². The van der Waals surface area contributed by atoms with Crippen LogP contribution in [0.25, 0.3) is 10.1 Å². The number of hydrogen-bond donors (Lipinski definition) is 4. The number of aliphatic carboxylic acids is 1. The Labute approximate surface area is 274 Å². The molecule has 4 N–H and O–H groups in total. The summed E-state index contributed by atoms with van der Waals surface area (Å²) >= 11 is 7.49. The minimum absolute atomic E-state index is 0.00415. The Kier molecular flexibility index (Phi) is 9.65. The van der Waals surface area contributed by atoms with Gasteiger partial charge in [-0.2, -0.15) is 0 Å². The predicted molar refractivity (Wildman–Crippen MR) is 170 cm³/mol. The summed E-state index contributed by atoms with van der Waals surface area (Å²) in [7, 11) is 0. The normalized spacial score (nSPS) is 27.8. The average Bonchev–Trinajstić information content (AvgIpc) is 3.33. The van der Waals surface area contributed by atoms with Gasteiger partial charge in [0.2, 0.25) is 11.8 Å². The summed E-state index contributed by atoms with van der Waals surface area (Å²) in [4.78, 5) is 67.8. The third-order valence-electron chi connectivity index (χ3n) is 8.48. The molecule has 0 bridgehead atoms. The molecule has 1 aliphatic carbocycles. The van der Waals surface area contributed by atoms with Crippen LogP contribution in [0.5, 0.6) is 0 Å². The van der Waals surface area contributed by atoms with Gasteiger partial charge < -0.3 is 30.7 Å². The highest BCUT2D eigenvalue weighted by atomic mass is 35.5. The van der Waals surface area contributed by atoms with Gasteiger partial charge in [0.1, 0.15) is 33.9 Å². The molecule has 1 aromatic heterocycles. The molecule has 0 unspecified atom stereocenters. The first-order valence-corrected chi connectivity index (χ1v) is 16.6. The Bertz CT molecular complexity index is 1590. The third kappa shape index (κ3) is 7.30. The molecule has 1 aromatic carbocycles. The zero-order valence-corrected chi connectivity index (χ0v) is 27.4. The van der Waals surface area contributed by atoms with E-state index < -0.39 is 64.9 Å². The van der Waals surface area contributed by atoms with Crippen molar-refractivity contribution >= 4 is 62.8 Å². The van der Waals surface area contributed by atoms with E-state index in [1.54, 1.807) is 20.8 Å². The predicted octanol–water partition coefficient (Wildman–Crippen LogP) is 4.77. The molecule has 2 fully saturated rings. The number of carbonyl (C=O) groups is 5. The van der Waals surface area contributed by atoms with Gasteiger partial charge in [0.05, 0.1) is 5.02 Å². The zero-order chi connectivity index (χ0) is 33.4. The Morgan fingerprint density at radius 2 is 1.93 bits per heavy atom. The SMILES string of the molecule is CC(C)(C)OC(=O)N[C@H]1CCCCC/C=C\[C@@H]2C[C@@]2(C(=O)O)NC(=O)[C@@H]2C[C@@H](NC(=O)c3sc4cc(F)ccc4c3Cl)CN2C1=O. The molecular formula is C32H38ClFN4O7S. The van der Waals surface area contributed by atoms with Crippen LogP contribution in [0.4, 0.5) is 9.18 Å². The summed E-state index contributed by atoms with van der Waals surface area (Å²) in [5.74, 6) is -3.77. The van der Waals surface area contributed by atoms with Gasteiger partial charge in [-0.1, -0.05) is 36.6 Å². The molecule has 3 aliphatic rings. The number of alkyl carbamates (subject to hydrolysis) is 1. The fourth-order valence-electron chi connectivity index (χ4n) is 6.09. The van der Waals surface area contributed by atoms with E-state index in [1.807, 2.05) is 12.2 Å². The molecule has 2 aliphatic heterocycles. The van der Waals surface area contributed by atoms with E-state index in [4.69, 9.17) is 16.3 Å². The number of hydrogen-bond acceptors (Lipinski definition) is 7. The summed E-state index contributed by atoms with van der Waals surface area (Å²) in [5, 5.41) is 19.0. The lowest BCUT2D eigenvalue weighted by Gasteiger charge is -2.30. The summed E-state index contributed by atoms with van der Waals surface area (Å²) in [6, 6.07) is 1.18. The van der Waals surface area contributed by atoms with Gasteiger partial charge in [-0.3, -0.25) is 14.4 Å². The van der Waals surface area contributed by atoms with E-state index in [0.29, 0.717) is 29.3 Å². The number of benzene rings is 1. The van der Waals surface area contributed by atoms with Crippen LogP contribution in [0.2, 0.25) is 5.02 Å². The fourth-order valence-corrected chi connectivity index (χ4v) is 7.54. The lowest BCUT2D eigenvalue weighted by Crippen LogP contribution is -2.56. The second-order valence-electron chi connectivity index (χ2n) is 13.1. The molecule has 4 amide bonds. The van der Waals surface area contributed by atoms with Crippen molar-refractivity contribution in [2.75, 3.05) is 6.54 Å². The maximum absolute atomic E-state index is 14.1. The molecule has 46 heavy (non-hydrogen) atoms. The number of allylic oxidation sites excluding steroid dienone is 1. The number of nitrogens with zero attached hydrogens (tertiary/aromatic N) is 1. The lowest BCUT2D eigenvalue weighted by atomic mass is 10.0. The minimum atomic E-state index is -1.49. The smallest absolute Gasteiger partial charge is 0.408 e. The number of halogens is 2. The number of rotatable bonds is 4. The Morgan fingerprint density at radius 1 is 1.17 bits per heavy atom. The first kappa shape index (κ1) is 33.6. The van der Waals surface area contributed by atoms with Crippen molar-refractivity contribution in [3.8, 4) is 0 Å². The van der Waals surface area contributed by atoms with Crippen LogP contribution in [0.1, 0.15) is 75.4 Å². The molecule has 1 saturated carbocycles. The third-order valence-corrected chi connectivity index (χ3v) is 10.1. The first-order chi connectivity index (χ1) is 21.7. The molecule has 11 nitrogen and oxygen atoms in total. The van der Waals surface area contributed by atoms with Gasteiger partial charge in [0.25, 0.3) is 5.91 Å². The van der Waals surface area contributed by atoms with E-state index in [-0.39, 0.29) is 35.2 Å². The highest BCUT2D eigenvalue weighted by Gasteiger charge is 2.61. The number of nitrogens with one attached hydrogen (secondary N) is 3. The quantitative estimate of drug-likeness (QED) is 0.340. The summed E-state index contributed by atoms with van der Waals surface area (Å²) in [5.41, 5.74) is -2.30. The van der Waals surface area contributed by atoms with Crippen LogP contribution < -0.4 is 16.0 Å². The topological polar surface area (TPSA) is 154 Å². The monoisotopic (exact) mass is 676 g/mol. The highest BCUT2D eigenvalue weighted by Crippen LogP contribution is 2.45. The van der Waals surface area contributed by atoms with Crippen LogP contribution in [-0.4, -0.2) is 75.6 Å². The minimum Gasteiger partial charge on any atom is -0.479 e. The molecule has 5 rings (SSSR count). The average molecular weight is 677 g/mol. The van der Waals surface area contributed by atoms with Crippen LogP contribution in [0, 0.1) is 11.7 Å². The maximum atomic E-state index is 14.1.